The highest BCUT2D eigenvalue weighted by molar-refractivity contribution is 5.14. The second-order valence-electron chi connectivity index (χ2n) is 3.58. The number of aryl methyl sites for hydroxylation is 1. The van der Waals surface area contributed by atoms with Gasteiger partial charge >= 0.3 is 0 Å². The van der Waals surface area contributed by atoms with Crippen LogP contribution in [0.2, 0.25) is 0 Å². The number of nitro groups is 1. The van der Waals surface area contributed by atoms with Crippen molar-refractivity contribution in [3.8, 4) is 0 Å². The van der Waals surface area contributed by atoms with Gasteiger partial charge in [-0.1, -0.05) is 30.3 Å². The van der Waals surface area contributed by atoms with E-state index in [1.165, 1.54) is 11.6 Å². The van der Waals surface area contributed by atoms with Gasteiger partial charge in [-0.25, -0.2) is 0 Å². The Morgan fingerprint density at radius 2 is 2.06 bits per heavy atom. The molecule has 1 unspecified atom stereocenters. The summed E-state index contributed by atoms with van der Waals surface area (Å²) in [7, 11) is 0. The van der Waals surface area contributed by atoms with E-state index in [0.717, 1.165) is 12.6 Å². The topological polar surface area (TPSA) is 63.4 Å². The van der Waals surface area contributed by atoms with Crippen molar-refractivity contribution in [2.75, 3.05) is 0 Å². The lowest BCUT2D eigenvalue weighted by Crippen LogP contribution is -2.06. The third kappa shape index (κ3) is 5.26. The zero-order chi connectivity index (χ0) is 11.8. The van der Waals surface area contributed by atoms with Gasteiger partial charge in [0.2, 0.25) is 6.20 Å². The van der Waals surface area contributed by atoms with Gasteiger partial charge in [-0.15, -0.1) is 0 Å². The summed E-state index contributed by atoms with van der Waals surface area (Å²) >= 11 is 0. The summed E-state index contributed by atoms with van der Waals surface area (Å²) in [6, 6.07) is 9.85. The SMILES string of the molecule is O=[N+]([O-])C=CCC(O)CCc1ccccc1. The second-order valence-corrected chi connectivity index (χ2v) is 3.58. The molecule has 1 N–H and O–H groups in total. The maximum absolute atomic E-state index is 10.00. The first kappa shape index (κ1) is 12.4. The lowest BCUT2D eigenvalue weighted by molar-refractivity contribution is -0.402. The molecule has 0 spiro atoms. The molecule has 0 aliphatic rings. The molecule has 0 saturated carbocycles. The van der Waals surface area contributed by atoms with Crippen LogP contribution in [0.15, 0.2) is 42.6 Å². The zero-order valence-corrected chi connectivity index (χ0v) is 8.95. The summed E-state index contributed by atoms with van der Waals surface area (Å²) in [4.78, 5) is 9.47. The molecule has 0 heterocycles. The van der Waals surface area contributed by atoms with Crippen molar-refractivity contribution in [1.29, 1.82) is 0 Å². The fourth-order valence-corrected chi connectivity index (χ4v) is 1.40. The molecule has 1 rings (SSSR count). The van der Waals surface area contributed by atoms with E-state index in [4.69, 9.17) is 0 Å². The first-order valence-corrected chi connectivity index (χ1v) is 5.20. The molecule has 4 heteroatoms. The van der Waals surface area contributed by atoms with Gasteiger partial charge in [0.15, 0.2) is 0 Å². The van der Waals surface area contributed by atoms with Crippen LogP contribution in [0.25, 0.3) is 0 Å². The number of aliphatic hydroxyl groups is 1. The van der Waals surface area contributed by atoms with Crippen LogP contribution in [-0.2, 0) is 6.42 Å². The second kappa shape index (κ2) is 6.74. The molecular formula is C12H15NO3. The van der Waals surface area contributed by atoms with Crippen LogP contribution >= 0.6 is 0 Å². The fraction of sp³-hybridized carbons (Fsp3) is 0.333. The number of rotatable bonds is 6. The van der Waals surface area contributed by atoms with Crippen LogP contribution in [0.1, 0.15) is 18.4 Å². The molecule has 1 aromatic rings. The Balaban J connectivity index is 2.25. The molecule has 16 heavy (non-hydrogen) atoms. The highest BCUT2D eigenvalue weighted by Crippen LogP contribution is 2.07. The minimum absolute atomic E-state index is 0.327. The average Bonchev–Trinajstić information content (AvgIpc) is 2.27. The number of hydrogen-bond acceptors (Lipinski definition) is 3. The van der Waals surface area contributed by atoms with Crippen LogP contribution in [0.3, 0.4) is 0 Å². The molecule has 0 aliphatic heterocycles. The van der Waals surface area contributed by atoms with E-state index in [0.29, 0.717) is 12.8 Å². The number of aliphatic hydroxyl groups excluding tert-OH is 1. The standard InChI is InChI=1S/C12H15NO3/c14-12(7-4-10-13(15)16)9-8-11-5-2-1-3-6-11/h1-6,10,12,14H,7-9H2. The Kier molecular flexibility index (Phi) is 5.22. The highest BCUT2D eigenvalue weighted by Gasteiger charge is 2.02. The van der Waals surface area contributed by atoms with Crippen LogP contribution < -0.4 is 0 Å². The van der Waals surface area contributed by atoms with Crippen molar-refractivity contribution < 1.29 is 10.0 Å². The monoisotopic (exact) mass is 221 g/mol. The minimum Gasteiger partial charge on any atom is -0.393 e. The van der Waals surface area contributed by atoms with Gasteiger partial charge in [-0.05, 0) is 30.9 Å². The van der Waals surface area contributed by atoms with Crippen molar-refractivity contribution >= 4 is 0 Å². The van der Waals surface area contributed by atoms with E-state index < -0.39 is 11.0 Å². The molecular weight excluding hydrogens is 206 g/mol. The van der Waals surface area contributed by atoms with Gasteiger partial charge in [-0.2, -0.15) is 0 Å². The first-order valence-electron chi connectivity index (χ1n) is 5.20. The van der Waals surface area contributed by atoms with Gasteiger partial charge in [0.25, 0.3) is 0 Å². The molecule has 0 aliphatic carbocycles. The lowest BCUT2D eigenvalue weighted by atomic mass is 10.1. The van der Waals surface area contributed by atoms with E-state index >= 15 is 0 Å². The van der Waals surface area contributed by atoms with Gasteiger partial charge in [-0.3, -0.25) is 10.1 Å². The third-order valence-electron chi connectivity index (χ3n) is 2.24. The average molecular weight is 221 g/mol. The van der Waals surface area contributed by atoms with E-state index in [1.54, 1.807) is 0 Å². The fourth-order valence-electron chi connectivity index (χ4n) is 1.40. The molecule has 86 valence electrons. The van der Waals surface area contributed by atoms with Gasteiger partial charge in [0.1, 0.15) is 0 Å². The lowest BCUT2D eigenvalue weighted by Gasteiger charge is -2.06. The predicted molar refractivity (Wildman–Crippen MR) is 61.5 cm³/mol. The summed E-state index contributed by atoms with van der Waals surface area (Å²) in [6.07, 6.45) is 3.46. The number of nitrogens with zero attached hydrogens (tertiary/aromatic N) is 1. The summed E-state index contributed by atoms with van der Waals surface area (Å²) in [5.74, 6) is 0. The van der Waals surface area contributed by atoms with Crippen LogP contribution in [0.5, 0.6) is 0 Å². The number of benzene rings is 1. The van der Waals surface area contributed by atoms with Crippen molar-refractivity contribution in [1.82, 2.24) is 0 Å². The van der Waals surface area contributed by atoms with Crippen LogP contribution in [0, 0.1) is 10.1 Å². The Labute approximate surface area is 94.4 Å². The van der Waals surface area contributed by atoms with Crippen LogP contribution in [-0.4, -0.2) is 16.1 Å². The summed E-state index contributed by atoms with van der Waals surface area (Å²) in [6.45, 7) is 0. The molecule has 0 bridgehead atoms. The molecule has 0 saturated heterocycles. The first-order chi connectivity index (χ1) is 7.68. The smallest absolute Gasteiger partial charge is 0.230 e. The van der Waals surface area contributed by atoms with Gasteiger partial charge in [0, 0.05) is 0 Å². The van der Waals surface area contributed by atoms with Gasteiger partial charge < -0.3 is 5.11 Å². The van der Waals surface area contributed by atoms with E-state index in [2.05, 4.69) is 0 Å². The quantitative estimate of drug-likeness (QED) is 0.591. The maximum atomic E-state index is 10.00. The van der Waals surface area contributed by atoms with Crippen molar-refractivity contribution in [2.45, 2.75) is 25.4 Å². The molecule has 1 atom stereocenters. The summed E-state index contributed by atoms with van der Waals surface area (Å²) in [5, 5.41) is 19.5. The molecule has 0 aromatic heterocycles. The summed E-state index contributed by atoms with van der Waals surface area (Å²) < 4.78 is 0. The van der Waals surface area contributed by atoms with Crippen LogP contribution in [0.4, 0.5) is 0 Å². The Bertz CT molecular complexity index is 349. The van der Waals surface area contributed by atoms with E-state index in [9.17, 15) is 15.2 Å². The minimum atomic E-state index is -0.524. The highest BCUT2D eigenvalue weighted by atomic mass is 16.6. The Morgan fingerprint density at radius 3 is 2.69 bits per heavy atom. The van der Waals surface area contributed by atoms with E-state index in [1.807, 2.05) is 30.3 Å². The van der Waals surface area contributed by atoms with Crippen molar-refractivity contribution in [2.24, 2.45) is 0 Å². The normalized spacial score (nSPS) is 12.8. The van der Waals surface area contributed by atoms with Gasteiger partial charge in [0.05, 0.1) is 11.0 Å². The number of hydrogen-bond donors (Lipinski definition) is 1. The third-order valence-corrected chi connectivity index (χ3v) is 2.24. The molecule has 4 nitrogen and oxygen atoms in total. The zero-order valence-electron chi connectivity index (χ0n) is 8.95. The molecule has 0 amide bonds. The largest absolute Gasteiger partial charge is 0.393 e. The maximum Gasteiger partial charge on any atom is 0.230 e. The van der Waals surface area contributed by atoms with E-state index in [-0.39, 0.29) is 0 Å². The molecule has 1 aromatic carbocycles. The molecule has 0 fully saturated rings. The predicted octanol–water partition coefficient (Wildman–Crippen LogP) is 2.16. The summed E-state index contributed by atoms with van der Waals surface area (Å²) in [5.41, 5.74) is 1.17. The van der Waals surface area contributed by atoms with Crippen molar-refractivity contribution in [3.05, 3.63) is 58.3 Å². The molecule has 0 radical (unpaired) electrons. The Hall–Kier alpha value is -1.68. The van der Waals surface area contributed by atoms with Crippen molar-refractivity contribution in [3.63, 3.8) is 0 Å². The Morgan fingerprint density at radius 1 is 1.38 bits per heavy atom.